The van der Waals surface area contributed by atoms with Crippen LogP contribution in [0.2, 0.25) is 0 Å². The molecular formula is C18H36IN7. The molecule has 1 N–H and O–H groups in total. The van der Waals surface area contributed by atoms with Crippen molar-refractivity contribution in [2.45, 2.75) is 47.1 Å². The van der Waals surface area contributed by atoms with Crippen LogP contribution in [0.4, 0.5) is 0 Å². The molecule has 0 aromatic carbocycles. The molecule has 1 saturated heterocycles. The van der Waals surface area contributed by atoms with Gasteiger partial charge in [-0.2, -0.15) is 0 Å². The van der Waals surface area contributed by atoms with Crippen molar-refractivity contribution in [2.24, 2.45) is 18.0 Å². The maximum atomic E-state index is 4.84. The molecule has 0 radical (unpaired) electrons. The predicted molar refractivity (Wildman–Crippen MR) is 118 cm³/mol. The maximum Gasteiger partial charge on any atom is 0.194 e. The van der Waals surface area contributed by atoms with Gasteiger partial charge in [-0.1, -0.05) is 27.2 Å². The molecule has 1 aromatic rings. The topological polar surface area (TPSA) is 61.6 Å². The second-order valence-corrected chi connectivity index (χ2v) is 7.32. The van der Waals surface area contributed by atoms with E-state index in [0.717, 1.165) is 62.7 Å². The Morgan fingerprint density at radius 1 is 1.19 bits per heavy atom. The molecular weight excluding hydrogens is 441 g/mol. The molecule has 0 spiro atoms. The van der Waals surface area contributed by atoms with Gasteiger partial charge in [-0.3, -0.25) is 4.90 Å². The SMILES string of the molecule is CCCCNC(=NCc1nnc(C)n1C)N1CCN(CC(C)C)CC1.I. The Kier molecular flexibility index (Phi) is 10.4. The zero-order valence-electron chi connectivity index (χ0n) is 17.0. The molecule has 2 heterocycles. The summed E-state index contributed by atoms with van der Waals surface area (Å²) in [5, 5.41) is 11.9. The Morgan fingerprint density at radius 3 is 2.42 bits per heavy atom. The molecule has 8 heteroatoms. The molecule has 1 aliphatic heterocycles. The minimum atomic E-state index is 0. The normalized spacial score (nSPS) is 16.1. The van der Waals surface area contributed by atoms with Crippen LogP contribution in [0.5, 0.6) is 0 Å². The van der Waals surface area contributed by atoms with Crippen LogP contribution in [-0.4, -0.2) is 69.8 Å². The number of hydrogen-bond acceptors (Lipinski definition) is 4. The smallest absolute Gasteiger partial charge is 0.194 e. The molecule has 0 bridgehead atoms. The number of guanidine groups is 1. The fourth-order valence-corrected chi connectivity index (χ4v) is 3.04. The first kappa shape index (κ1) is 23.1. The zero-order valence-corrected chi connectivity index (χ0v) is 19.4. The van der Waals surface area contributed by atoms with Gasteiger partial charge >= 0.3 is 0 Å². The molecule has 1 aliphatic rings. The summed E-state index contributed by atoms with van der Waals surface area (Å²) in [6.45, 7) is 15.7. The number of nitrogens with one attached hydrogen (secondary N) is 1. The lowest BCUT2D eigenvalue weighted by Gasteiger charge is -2.37. The molecule has 2 rings (SSSR count). The summed E-state index contributed by atoms with van der Waals surface area (Å²) in [4.78, 5) is 9.78. The van der Waals surface area contributed by atoms with E-state index in [4.69, 9.17) is 4.99 Å². The lowest BCUT2D eigenvalue weighted by atomic mass is 10.2. The maximum absolute atomic E-state index is 4.84. The number of hydrogen-bond donors (Lipinski definition) is 1. The monoisotopic (exact) mass is 477 g/mol. The lowest BCUT2D eigenvalue weighted by molar-refractivity contribution is 0.163. The third-order valence-electron chi connectivity index (χ3n) is 4.66. The highest BCUT2D eigenvalue weighted by Crippen LogP contribution is 2.07. The summed E-state index contributed by atoms with van der Waals surface area (Å²) >= 11 is 0. The first-order valence-electron chi connectivity index (χ1n) is 9.61. The highest BCUT2D eigenvalue weighted by Gasteiger charge is 2.20. The number of rotatable bonds is 7. The van der Waals surface area contributed by atoms with Crippen LogP contribution in [0.15, 0.2) is 4.99 Å². The molecule has 0 amide bonds. The van der Waals surface area contributed by atoms with Gasteiger partial charge in [0.15, 0.2) is 11.8 Å². The van der Waals surface area contributed by atoms with Gasteiger partial charge in [0.25, 0.3) is 0 Å². The van der Waals surface area contributed by atoms with Crippen molar-refractivity contribution in [3.63, 3.8) is 0 Å². The van der Waals surface area contributed by atoms with E-state index in [1.807, 2.05) is 18.5 Å². The van der Waals surface area contributed by atoms with Gasteiger partial charge < -0.3 is 14.8 Å². The first-order valence-corrected chi connectivity index (χ1v) is 9.61. The van der Waals surface area contributed by atoms with Crippen LogP contribution in [0, 0.1) is 12.8 Å². The van der Waals surface area contributed by atoms with Gasteiger partial charge in [0, 0.05) is 46.3 Å². The fourth-order valence-electron chi connectivity index (χ4n) is 3.04. The van der Waals surface area contributed by atoms with E-state index in [-0.39, 0.29) is 24.0 Å². The quantitative estimate of drug-likeness (QED) is 0.283. The van der Waals surface area contributed by atoms with Crippen LogP contribution in [0.3, 0.4) is 0 Å². The van der Waals surface area contributed by atoms with Crippen molar-refractivity contribution in [3.8, 4) is 0 Å². The standard InChI is InChI=1S/C18H35N7.HI/c1-6-7-8-19-18(20-13-17-22-21-16(4)23(17)5)25-11-9-24(10-12-25)14-15(2)3;/h15H,6-14H2,1-5H3,(H,19,20);1H. The Balaban J connectivity index is 0.00000338. The van der Waals surface area contributed by atoms with Gasteiger partial charge in [-0.15, -0.1) is 34.2 Å². The number of aryl methyl sites for hydroxylation is 1. The number of halogens is 1. The van der Waals surface area contributed by atoms with Gasteiger partial charge in [-0.05, 0) is 19.3 Å². The third kappa shape index (κ3) is 7.02. The van der Waals surface area contributed by atoms with Crippen molar-refractivity contribution in [3.05, 3.63) is 11.6 Å². The zero-order chi connectivity index (χ0) is 18.2. The fraction of sp³-hybridized carbons (Fsp3) is 0.833. The van der Waals surface area contributed by atoms with Gasteiger partial charge in [0.1, 0.15) is 12.4 Å². The summed E-state index contributed by atoms with van der Waals surface area (Å²) in [6.07, 6.45) is 2.35. The first-order chi connectivity index (χ1) is 12.0. The van der Waals surface area contributed by atoms with Gasteiger partial charge in [0.05, 0.1) is 0 Å². The van der Waals surface area contributed by atoms with E-state index in [9.17, 15) is 0 Å². The van der Waals surface area contributed by atoms with E-state index >= 15 is 0 Å². The van der Waals surface area contributed by atoms with E-state index in [1.165, 1.54) is 13.0 Å². The number of piperazine rings is 1. The predicted octanol–water partition coefficient (Wildman–Crippen LogP) is 2.26. The number of aromatic nitrogens is 3. The second-order valence-electron chi connectivity index (χ2n) is 7.32. The Labute approximate surface area is 175 Å². The number of aliphatic imine (C=N–C) groups is 1. The van der Waals surface area contributed by atoms with Crippen molar-refractivity contribution in [1.82, 2.24) is 29.9 Å². The largest absolute Gasteiger partial charge is 0.356 e. The minimum absolute atomic E-state index is 0. The van der Waals surface area contributed by atoms with Crippen LogP contribution in [0.1, 0.15) is 45.3 Å². The van der Waals surface area contributed by atoms with Crippen LogP contribution in [-0.2, 0) is 13.6 Å². The number of nitrogens with zero attached hydrogens (tertiary/aromatic N) is 6. The van der Waals surface area contributed by atoms with Crippen molar-refractivity contribution in [2.75, 3.05) is 39.3 Å². The molecule has 0 aliphatic carbocycles. The summed E-state index contributed by atoms with van der Waals surface area (Å²) in [6, 6.07) is 0. The molecule has 150 valence electrons. The highest BCUT2D eigenvalue weighted by atomic mass is 127. The van der Waals surface area contributed by atoms with Crippen molar-refractivity contribution in [1.29, 1.82) is 0 Å². The third-order valence-corrected chi connectivity index (χ3v) is 4.66. The van der Waals surface area contributed by atoms with Gasteiger partial charge in [-0.25, -0.2) is 4.99 Å². The van der Waals surface area contributed by atoms with Crippen molar-refractivity contribution < 1.29 is 0 Å². The lowest BCUT2D eigenvalue weighted by Crippen LogP contribution is -2.53. The molecule has 0 atom stereocenters. The van der Waals surface area contributed by atoms with Crippen LogP contribution >= 0.6 is 24.0 Å². The summed E-state index contributed by atoms with van der Waals surface area (Å²) in [5.41, 5.74) is 0. The highest BCUT2D eigenvalue weighted by molar-refractivity contribution is 14.0. The van der Waals surface area contributed by atoms with Gasteiger partial charge in [0.2, 0.25) is 0 Å². The van der Waals surface area contributed by atoms with E-state index in [2.05, 4.69) is 46.1 Å². The second kappa shape index (κ2) is 11.7. The summed E-state index contributed by atoms with van der Waals surface area (Å²) < 4.78 is 2.01. The Hall–Kier alpha value is -0.900. The molecule has 7 nitrogen and oxygen atoms in total. The molecule has 0 unspecified atom stereocenters. The molecule has 26 heavy (non-hydrogen) atoms. The molecule has 1 fully saturated rings. The van der Waals surface area contributed by atoms with Crippen molar-refractivity contribution >= 4 is 29.9 Å². The Bertz CT molecular complexity index is 548. The number of unbranched alkanes of at least 4 members (excludes halogenated alkanes) is 1. The molecule has 0 saturated carbocycles. The van der Waals surface area contributed by atoms with E-state index in [0.29, 0.717) is 6.54 Å². The summed E-state index contributed by atoms with van der Waals surface area (Å²) in [5.74, 6) is 3.57. The van der Waals surface area contributed by atoms with Crippen LogP contribution in [0.25, 0.3) is 0 Å². The summed E-state index contributed by atoms with van der Waals surface area (Å²) in [7, 11) is 2.00. The van der Waals surface area contributed by atoms with Crippen LogP contribution < -0.4 is 5.32 Å². The average molecular weight is 477 g/mol. The van der Waals surface area contributed by atoms with E-state index < -0.39 is 0 Å². The minimum Gasteiger partial charge on any atom is -0.356 e. The average Bonchev–Trinajstić information content (AvgIpc) is 2.90. The molecule has 1 aromatic heterocycles. The van der Waals surface area contributed by atoms with E-state index in [1.54, 1.807) is 0 Å². The Morgan fingerprint density at radius 2 is 1.88 bits per heavy atom.